The molecular formula is C16H14FNO3. The summed E-state index contributed by atoms with van der Waals surface area (Å²) in [6.45, 7) is 1.54. The van der Waals surface area contributed by atoms with Crippen molar-refractivity contribution >= 4 is 17.6 Å². The van der Waals surface area contributed by atoms with Gasteiger partial charge in [-0.05, 0) is 43.3 Å². The zero-order valence-corrected chi connectivity index (χ0v) is 11.4. The zero-order chi connectivity index (χ0) is 15.2. The number of benzene rings is 2. The Balaban J connectivity index is 1.84. The minimum absolute atomic E-state index is 0.194. The van der Waals surface area contributed by atoms with E-state index in [-0.39, 0.29) is 5.56 Å². The molecule has 21 heavy (non-hydrogen) atoms. The Morgan fingerprint density at radius 1 is 1.05 bits per heavy atom. The summed E-state index contributed by atoms with van der Waals surface area (Å²) in [5.74, 6) is -1.55. The fourth-order valence-electron chi connectivity index (χ4n) is 1.63. The smallest absolute Gasteiger partial charge is 0.338 e. The van der Waals surface area contributed by atoms with E-state index in [2.05, 4.69) is 5.32 Å². The molecule has 0 unspecified atom stereocenters. The van der Waals surface area contributed by atoms with Gasteiger partial charge < -0.3 is 10.1 Å². The molecule has 0 heterocycles. The molecular weight excluding hydrogens is 273 g/mol. The summed E-state index contributed by atoms with van der Waals surface area (Å²) in [4.78, 5) is 23.3. The average molecular weight is 287 g/mol. The van der Waals surface area contributed by atoms with Crippen molar-refractivity contribution in [3.05, 3.63) is 65.5 Å². The van der Waals surface area contributed by atoms with Crippen molar-refractivity contribution in [2.45, 2.75) is 6.92 Å². The number of anilines is 1. The van der Waals surface area contributed by atoms with Gasteiger partial charge in [-0.25, -0.2) is 9.18 Å². The number of amides is 1. The Labute approximate surface area is 121 Å². The lowest BCUT2D eigenvalue weighted by atomic mass is 10.2. The predicted molar refractivity (Wildman–Crippen MR) is 76.5 cm³/mol. The first-order chi connectivity index (χ1) is 10.0. The van der Waals surface area contributed by atoms with Crippen LogP contribution >= 0.6 is 0 Å². The van der Waals surface area contributed by atoms with Crippen molar-refractivity contribution in [3.8, 4) is 0 Å². The molecule has 0 radical (unpaired) electrons. The highest BCUT2D eigenvalue weighted by atomic mass is 19.1. The number of rotatable bonds is 4. The second kappa shape index (κ2) is 6.65. The number of aryl methyl sites for hydroxylation is 1. The van der Waals surface area contributed by atoms with Crippen LogP contribution in [0.4, 0.5) is 10.1 Å². The Morgan fingerprint density at radius 3 is 2.29 bits per heavy atom. The van der Waals surface area contributed by atoms with Gasteiger partial charge in [0.2, 0.25) is 0 Å². The van der Waals surface area contributed by atoms with E-state index in [0.29, 0.717) is 5.69 Å². The third-order valence-electron chi connectivity index (χ3n) is 2.75. The molecule has 1 amide bonds. The number of hydrogen-bond donors (Lipinski definition) is 1. The van der Waals surface area contributed by atoms with Crippen LogP contribution in [0.3, 0.4) is 0 Å². The monoisotopic (exact) mass is 287 g/mol. The highest BCUT2D eigenvalue weighted by Crippen LogP contribution is 2.09. The summed E-state index contributed by atoms with van der Waals surface area (Å²) < 4.78 is 17.6. The fraction of sp³-hybridized carbons (Fsp3) is 0.125. The molecule has 0 saturated carbocycles. The molecule has 108 valence electrons. The fourth-order valence-corrected chi connectivity index (χ4v) is 1.63. The molecule has 0 aromatic heterocycles. The van der Waals surface area contributed by atoms with Gasteiger partial charge in [0.25, 0.3) is 5.91 Å². The maximum Gasteiger partial charge on any atom is 0.338 e. The Hall–Kier alpha value is -2.69. The van der Waals surface area contributed by atoms with Crippen LogP contribution in [-0.4, -0.2) is 18.5 Å². The molecule has 5 heteroatoms. The van der Waals surface area contributed by atoms with Gasteiger partial charge in [-0.1, -0.05) is 17.7 Å². The number of esters is 1. The molecule has 0 fully saturated rings. The number of halogens is 1. The second-order valence-corrected chi connectivity index (χ2v) is 4.50. The van der Waals surface area contributed by atoms with Gasteiger partial charge in [0.05, 0.1) is 5.56 Å². The quantitative estimate of drug-likeness (QED) is 0.880. The van der Waals surface area contributed by atoms with Gasteiger partial charge in [0.15, 0.2) is 6.61 Å². The van der Waals surface area contributed by atoms with E-state index in [0.717, 1.165) is 17.7 Å². The summed E-state index contributed by atoms with van der Waals surface area (Å²) in [5.41, 5.74) is 1.90. The van der Waals surface area contributed by atoms with E-state index in [1.54, 1.807) is 12.1 Å². The lowest BCUT2D eigenvalue weighted by molar-refractivity contribution is -0.119. The summed E-state index contributed by atoms with van der Waals surface area (Å²) >= 11 is 0. The first-order valence-electron chi connectivity index (χ1n) is 6.34. The maximum atomic E-state index is 12.7. The molecule has 1 N–H and O–H groups in total. The maximum absolute atomic E-state index is 12.7. The third kappa shape index (κ3) is 4.42. The molecule has 0 bridgehead atoms. The SMILES string of the molecule is Cc1ccc(NC(=O)COC(=O)c2ccc(F)cc2)cc1. The van der Waals surface area contributed by atoms with E-state index in [1.807, 2.05) is 19.1 Å². The number of nitrogens with one attached hydrogen (secondary N) is 1. The van der Waals surface area contributed by atoms with E-state index in [4.69, 9.17) is 4.74 Å². The van der Waals surface area contributed by atoms with E-state index >= 15 is 0 Å². The van der Waals surface area contributed by atoms with Crippen molar-refractivity contribution < 1.29 is 18.7 Å². The Kier molecular flexibility index (Phi) is 4.66. The highest BCUT2D eigenvalue weighted by molar-refractivity contribution is 5.95. The van der Waals surface area contributed by atoms with Crippen LogP contribution in [0, 0.1) is 12.7 Å². The standard InChI is InChI=1S/C16H14FNO3/c1-11-2-8-14(9-3-11)18-15(19)10-21-16(20)12-4-6-13(17)7-5-12/h2-9H,10H2,1H3,(H,18,19). The lowest BCUT2D eigenvalue weighted by Crippen LogP contribution is -2.20. The number of carbonyl (C=O) groups excluding carboxylic acids is 2. The van der Waals surface area contributed by atoms with Gasteiger partial charge in [-0.2, -0.15) is 0 Å². The molecule has 2 rings (SSSR count). The average Bonchev–Trinajstić information content (AvgIpc) is 2.48. The number of hydrogen-bond acceptors (Lipinski definition) is 3. The minimum Gasteiger partial charge on any atom is -0.452 e. The topological polar surface area (TPSA) is 55.4 Å². The van der Waals surface area contributed by atoms with Crippen molar-refractivity contribution in [1.29, 1.82) is 0 Å². The number of carbonyl (C=O) groups is 2. The van der Waals surface area contributed by atoms with Crippen LogP contribution in [0.15, 0.2) is 48.5 Å². The van der Waals surface area contributed by atoms with E-state index in [1.165, 1.54) is 12.1 Å². The van der Waals surface area contributed by atoms with E-state index < -0.39 is 24.3 Å². The van der Waals surface area contributed by atoms with Gasteiger partial charge in [-0.3, -0.25) is 4.79 Å². The Morgan fingerprint density at radius 2 is 1.67 bits per heavy atom. The zero-order valence-electron chi connectivity index (χ0n) is 11.4. The van der Waals surface area contributed by atoms with Crippen LogP contribution in [0.1, 0.15) is 15.9 Å². The second-order valence-electron chi connectivity index (χ2n) is 4.50. The van der Waals surface area contributed by atoms with Crippen molar-refractivity contribution in [1.82, 2.24) is 0 Å². The van der Waals surface area contributed by atoms with Crippen LogP contribution in [0.25, 0.3) is 0 Å². The minimum atomic E-state index is -0.672. The van der Waals surface area contributed by atoms with Gasteiger partial charge in [0, 0.05) is 5.69 Å². The largest absolute Gasteiger partial charge is 0.452 e. The third-order valence-corrected chi connectivity index (χ3v) is 2.75. The normalized spacial score (nSPS) is 10.0. The Bertz CT molecular complexity index is 636. The molecule has 2 aromatic carbocycles. The van der Waals surface area contributed by atoms with Gasteiger partial charge >= 0.3 is 5.97 Å². The molecule has 0 spiro atoms. The molecule has 0 aliphatic carbocycles. The molecule has 0 aliphatic heterocycles. The molecule has 0 saturated heterocycles. The molecule has 0 aliphatic rings. The summed E-state index contributed by atoms with van der Waals surface area (Å²) in [7, 11) is 0. The first-order valence-corrected chi connectivity index (χ1v) is 6.34. The first kappa shape index (κ1) is 14.7. The molecule has 2 aromatic rings. The van der Waals surface area contributed by atoms with Gasteiger partial charge in [-0.15, -0.1) is 0 Å². The van der Waals surface area contributed by atoms with Crippen molar-refractivity contribution in [2.75, 3.05) is 11.9 Å². The molecule has 0 atom stereocenters. The highest BCUT2D eigenvalue weighted by Gasteiger charge is 2.10. The van der Waals surface area contributed by atoms with Crippen molar-refractivity contribution in [2.24, 2.45) is 0 Å². The number of ether oxygens (including phenoxy) is 1. The van der Waals surface area contributed by atoms with Crippen LogP contribution in [-0.2, 0) is 9.53 Å². The van der Waals surface area contributed by atoms with Crippen molar-refractivity contribution in [3.63, 3.8) is 0 Å². The van der Waals surface area contributed by atoms with Crippen LogP contribution in [0.5, 0.6) is 0 Å². The summed E-state index contributed by atoms with van der Waals surface area (Å²) in [6.07, 6.45) is 0. The summed E-state index contributed by atoms with van der Waals surface area (Å²) in [6, 6.07) is 12.2. The predicted octanol–water partition coefficient (Wildman–Crippen LogP) is 2.93. The lowest BCUT2D eigenvalue weighted by Gasteiger charge is -2.07. The van der Waals surface area contributed by atoms with Crippen LogP contribution < -0.4 is 5.32 Å². The van der Waals surface area contributed by atoms with E-state index in [9.17, 15) is 14.0 Å². The van der Waals surface area contributed by atoms with Crippen LogP contribution in [0.2, 0.25) is 0 Å². The van der Waals surface area contributed by atoms with Gasteiger partial charge in [0.1, 0.15) is 5.82 Å². The molecule has 4 nitrogen and oxygen atoms in total. The summed E-state index contributed by atoms with van der Waals surface area (Å²) in [5, 5.41) is 2.61.